The molecule has 0 aromatic carbocycles. The summed E-state index contributed by atoms with van der Waals surface area (Å²) in [6.45, 7) is 0.761. The van der Waals surface area contributed by atoms with E-state index in [4.69, 9.17) is 9.84 Å². The highest BCUT2D eigenvalue weighted by molar-refractivity contribution is 9.10. The van der Waals surface area contributed by atoms with Gasteiger partial charge in [0.15, 0.2) is 0 Å². The largest absolute Gasteiger partial charge is 0.390 e. The van der Waals surface area contributed by atoms with E-state index in [2.05, 4.69) is 21.0 Å². The molecule has 1 unspecified atom stereocenters. The third-order valence-corrected chi connectivity index (χ3v) is 3.02. The van der Waals surface area contributed by atoms with Crippen LogP contribution in [-0.4, -0.2) is 21.5 Å². The van der Waals surface area contributed by atoms with Crippen molar-refractivity contribution in [2.75, 3.05) is 6.61 Å². The molecule has 1 atom stereocenters. The number of ether oxygens (including phenoxy) is 1. The lowest BCUT2D eigenvalue weighted by molar-refractivity contribution is -0.0398. The van der Waals surface area contributed by atoms with Gasteiger partial charge in [-0.3, -0.25) is 0 Å². The minimum Gasteiger partial charge on any atom is -0.390 e. The normalized spacial score (nSPS) is 22.6. The number of aliphatic hydroxyl groups is 1. The van der Waals surface area contributed by atoms with E-state index in [1.165, 1.54) is 6.42 Å². The minimum atomic E-state index is -0.0414. The van der Waals surface area contributed by atoms with Gasteiger partial charge in [-0.05, 0) is 35.2 Å². The first-order chi connectivity index (χ1) is 6.81. The fourth-order valence-electron chi connectivity index (χ4n) is 1.59. The highest BCUT2D eigenvalue weighted by atomic mass is 79.9. The highest BCUT2D eigenvalue weighted by Gasteiger charge is 2.17. The van der Waals surface area contributed by atoms with E-state index in [1.54, 1.807) is 4.68 Å². The monoisotopic (exact) mass is 260 g/mol. The molecule has 0 saturated carbocycles. The summed E-state index contributed by atoms with van der Waals surface area (Å²) in [5.74, 6) is 0. The second kappa shape index (κ2) is 4.42. The molecule has 0 bridgehead atoms. The molecule has 0 aliphatic carbocycles. The Morgan fingerprint density at radius 1 is 1.64 bits per heavy atom. The number of nitrogens with zero attached hydrogens (tertiary/aromatic N) is 2. The number of hydrogen-bond donors (Lipinski definition) is 1. The van der Waals surface area contributed by atoms with Crippen LogP contribution in [0.15, 0.2) is 10.7 Å². The lowest BCUT2D eigenvalue weighted by atomic mass is 10.2. The van der Waals surface area contributed by atoms with Gasteiger partial charge in [-0.1, -0.05) is 0 Å². The van der Waals surface area contributed by atoms with Crippen LogP contribution >= 0.6 is 15.9 Å². The molecule has 2 rings (SSSR count). The van der Waals surface area contributed by atoms with Crippen molar-refractivity contribution >= 4 is 15.9 Å². The molecule has 14 heavy (non-hydrogen) atoms. The molecule has 1 aromatic heterocycles. The Bertz CT molecular complexity index is 308. The quantitative estimate of drug-likeness (QED) is 0.883. The van der Waals surface area contributed by atoms with Gasteiger partial charge in [0.05, 0.1) is 11.1 Å². The van der Waals surface area contributed by atoms with E-state index in [0.29, 0.717) is 5.69 Å². The number of aromatic nitrogens is 2. The van der Waals surface area contributed by atoms with Crippen molar-refractivity contribution < 1.29 is 9.84 Å². The number of hydrogen-bond acceptors (Lipinski definition) is 3. The molecule has 78 valence electrons. The Labute approximate surface area is 91.0 Å². The summed E-state index contributed by atoms with van der Waals surface area (Å²) in [7, 11) is 0. The minimum absolute atomic E-state index is 0.0414. The molecular formula is C9H13BrN2O2. The second-order valence-corrected chi connectivity index (χ2v) is 4.24. The Morgan fingerprint density at radius 3 is 3.07 bits per heavy atom. The maximum absolute atomic E-state index is 8.98. The average molecular weight is 261 g/mol. The maximum atomic E-state index is 8.98. The van der Waals surface area contributed by atoms with Crippen LogP contribution in [-0.2, 0) is 11.3 Å². The second-order valence-electron chi connectivity index (χ2n) is 3.38. The lowest BCUT2D eigenvalue weighted by Crippen LogP contribution is -2.18. The zero-order valence-corrected chi connectivity index (χ0v) is 9.40. The summed E-state index contributed by atoms with van der Waals surface area (Å²) >= 11 is 3.35. The molecular weight excluding hydrogens is 248 g/mol. The number of halogens is 1. The molecule has 1 aliphatic rings. The molecule has 0 radical (unpaired) electrons. The standard InChI is InChI=1S/C9H13BrN2O2/c10-7-5-12(11-8(7)6-13)9-3-1-2-4-14-9/h5,9,13H,1-4,6H2. The topological polar surface area (TPSA) is 47.3 Å². The van der Waals surface area contributed by atoms with E-state index < -0.39 is 0 Å². The molecule has 5 heteroatoms. The van der Waals surface area contributed by atoms with Gasteiger partial charge in [0.25, 0.3) is 0 Å². The van der Waals surface area contributed by atoms with Gasteiger partial charge in [-0.15, -0.1) is 0 Å². The number of aliphatic hydroxyl groups excluding tert-OH is 1. The Hall–Kier alpha value is -0.390. The van der Waals surface area contributed by atoms with Gasteiger partial charge in [0, 0.05) is 12.8 Å². The van der Waals surface area contributed by atoms with E-state index in [0.717, 1.165) is 23.9 Å². The van der Waals surface area contributed by atoms with Gasteiger partial charge in [-0.2, -0.15) is 5.10 Å². The van der Waals surface area contributed by atoms with Gasteiger partial charge in [-0.25, -0.2) is 4.68 Å². The maximum Gasteiger partial charge on any atom is 0.150 e. The zero-order valence-electron chi connectivity index (χ0n) is 7.82. The first-order valence-electron chi connectivity index (χ1n) is 4.77. The molecule has 2 heterocycles. The van der Waals surface area contributed by atoms with Crippen molar-refractivity contribution in [1.29, 1.82) is 0 Å². The highest BCUT2D eigenvalue weighted by Crippen LogP contribution is 2.24. The fourth-order valence-corrected chi connectivity index (χ4v) is 2.01. The Balaban J connectivity index is 2.14. The summed E-state index contributed by atoms with van der Waals surface area (Å²) in [6.07, 6.45) is 5.21. The van der Waals surface area contributed by atoms with Crippen molar-refractivity contribution in [1.82, 2.24) is 9.78 Å². The SMILES string of the molecule is OCc1nn(C2CCCCO2)cc1Br. The molecule has 1 aliphatic heterocycles. The van der Waals surface area contributed by atoms with Crippen LogP contribution in [0.25, 0.3) is 0 Å². The van der Waals surface area contributed by atoms with Gasteiger partial charge < -0.3 is 9.84 Å². The summed E-state index contributed by atoms with van der Waals surface area (Å²) in [5.41, 5.74) is 0.666. The van der Waals surface area contributed by atoms with Gasteiger partial charge >= 0.3 is 0 Å². The summed E-state index contributed by atoms with van der Waals surface area (Å²) in [5, 5.41) is 13.2. The molecule has 1 N–H and O–H groups in total. The molecule has 1 aromatic rings. The van der Waals surface area contributed by atoms with Gasteiger partial charge in [0.1, 0.15) is 11.9 Å². The summed E-state index contributed by atoms with van der Waals surface area (Å²) < 4.78 is 8.20. The lowest BCUT2D eigenvalue weighted by Gasteiger charge is -2.22. The summed E-state index contributed by atoms with van der Waals surface area (Å²) in [6, 6.07) is 0. The van der Waals surface area contributed by atoms with Crippen LogP contribution in [0, 0.1) is 0 Å². The molecule has 1 saturated heterocycles. The predicted molar refractivity (Wildman–Crippen MR) is 54.7 cm³/mol. The van der Waals surface area contributed by atoms with Crippen LogP contribution in [0.3, 0.4) is 0 Å². The molecule has 0 amide bonds. The van der Waals surface area contributed by atoms with Crippen LogP contribution in [0.1, 0.15) is 31.2 Å². The van der Waals surface area contributed by atoms with Crippen molar-refractivity contribution in [2.45, 2.75) is 32.1 Å². The average Bonchev–Trinajstić information content (AvgIpc) is 2.61. The van der Waals surface area contributed by atoms with Gasteiger partial charge in [0.2, 0.25) is 0 Å². The molecule has 1 fully saturated rings. The van der Waals surface area contributed by atoms with Crippen molar-refractivity contribution in [2.24, 2.45) is 0 Å². The van der Waals surface area contributed by atoms with E-state index in [-0.39, 0.29) is 12.8 Å². The Kier molecular flexibility index (Phi) is 3.20. The van der Waals surface area contributed by atoms with Crippen molar-refractivity contribution in [3.63, 3.8) is 0 Å². The van der Waals surface area contributed by atoms with Crippen LogP contribution in [0.2, 0.25) is 0 Å². The molecule has 4 nitrogen and oxygen atoms in total. The predicted octanol–water partition coefficient (Wildman–Crippen LogP) is 1.84. The van der Waals surface area contributed by atoms with Crippen LogP contribution < -0.4 is 0 Å². The third kappa shape index (κ3) is 1.99. The zero-order chi connectivity index (χ0) is 9.97. The first-order valence-corrected chi connectivity index (χ1v) is 5.56. The van der Waals surface area contributed by atoms with Crippen molar-refractivity contribution in [3.05, 3.63) is 16.4 Å². The smallest absolute Gasteiger partial charge is 0.150 e. The van der Waals surface area contributed by atoms with E-state index >= 15 is 0 Å². The van der Waals surface area contributed by atoms with Crippen LogP contribution in [0.4, 0.5) is 0 Å². The molecule has 0 spiro atoms. The van der Waals surface area contributed by atoms with Crippen molar-refractivity contribution in [3.8, 4) is 0 Å². The van der Waals surface area contributed by atoms with E-state index in [1.807, 2.05) is 6.20 Å². The first kappa shape index (κ1) is 10.1. The van der Waals surface area contributed by atoms with E-state index in [9.17, 15) is 0 Å². The van der Waals surface area contributed by atoms with Crippen LogP contribution in [0.5, 0.6) is 0 Å². The summed E-state index contributed by atoms with van der Waals surface area (Å²) in [4.78, 5) is 0. The third-order valence-electron chi connectivity index (χ3n) is 2.36. The Morgan fingerprint density at radius 2 is 2.50 bits per heavy atom. The number of rotatable bonds is 2. The fraction of sp³-hybridized carbons (Fsp3) is 0.667.